The van der Waals surface area contributed by atoms with E-state index in [4.69, 9.17) is 0 Å². The lowest BCUT2D eigenvalue weighted by Crippen LogP contribution is -2.13. The van der Waals surface area contributed by atoms with Crippen molar-refractivity contribution in [1.82, 2.24) is 8.75 Å². The number of halogens is 1. The van der Waals surface area contributed by atoms with E-state index in [9.17, 15) is 8.42 Å². The molecule has 0 spiro atoms. The quantitative estimate of drug-likeness (QED) is 0.750. The maximum Gasteiger partial charge on any atom is 0.264 e. The molecular formula is C13H10BrN3O2S2. The summed E-state index contributed by atoms with van der Waals surface area (Å²) in [5.74, 6) is 0. The summed E-state index contributed by atoms with van der Waals surface area (Å²) in [6.07, 6.45) is 0. The van der Waals surface area contributed by atoms with Crippen LogP contribution in [0.15, 0.2) is 45.8 Å². The molecule has 2 aromatic carbocycles. The lowest BCUT2D eigenvalue weighted by molar-refractivity contribution is 0.602. The molecule has 0 aliphatic rings. The Morgan fingerprint density at radius 1 is 1.19 bits per heavy atom. The Labute approximate surface area is 134 Å². The number of rotatable bonds is 3. The number of benzene rings is 2. The van der Waals surface area contributed by atoms with Gasteiger partial charge in [-0.15, -0.1) is 0 Å². The highest BCUT2D eigenvalue weighted by Gasteiger charge is 2.19. The Bertz CT molecular complexity index is 922. The number of hydrogen-bond donors (Lipinski definition) is 1. The number of aromatic nitrogens is 2. The molecule has 0 aliphatic heterocycles. The van der Waals surface area contributed by atoms with Crippen LogP contribution in [0.3, 0.4) is 0 Å². The van der Waals surface area contributed by atoms with Crippen LogP contribution in [0.25, 0.3) is 11.0 Å². The fourth-order valence-electron chi connectivity index (χ4n) is 1.86. The van der Waals surface area contributed by atoms with Crippen LogP contribution in [0.2, 0.25) is 0 Å². The van der Waals surface area contributed by atoms with Crippen molar-refractivity contribution in [2.24, 2.45) is 0 Å². The molecule has 0 bridgehead atoms. The highest BCUT2D eigenvalue weighted by molar-refractivity contribution is 9.10. The van der Waals surface area contributed by atoms with Crippen molar-refractivity contribution in [2.75, 3.05) is 4.72 Å². The zero-order valence-corrected chi connectivity index (χ0v) is 14.1. The summed E-state index contributed by atoms with van der Waals surface area (Å²) in [6, 6.07) is 10.2. The van der Waals surface area contributed by atoms with Gasteiger partial charge in [0.05, 0.1) is 11.7 Å². The van der Waals surface area contributed by atoms with E-state index in [2.05, 4.69) is 29.4 Å². The molecule has 0 unspecified atom stereocenters. The minimum absolute atomic E-state index is 0.130. The summed E-state index contributed by atoms with van der Waals surface area (Å²) in [5.41, 5.74) is 2.49. The number of nitrogens with one attached hydrogen (secondary N) is 1. The summed E-state index contributed by atoms with van der Waals surface area (Å²) in [4.78, 5) is 0.130. The third kappa shape index (κ3) is 2.78. The molecule has 1 N–H and O–H groups in total. The maximum absolute atomic E-state index is 12.5. The van der Waals surface area contributed by atoms with Crippen LogP contribution in [0.5, 0.6) is 0 Å². The molecule has 1 aromatic heterocycles. The molecular weight excluding hydrogens is 374 g/mol. The molecule has 0 amide bonds. The molecule has 21 heavy (non-hydrogen) atoms. The molecule has 0 aliphatic carbocycles. The Balaban J connectivity index is 2.04. The third-order valence-electron chi connectivity index (χ3n) is 2.96. The smallest absolute Gasteiger partial charge is 0.264 e. The first-order chi connectivity index (χ1) is 9.97. The Hall–Kier alpha value is -1.51. The minimum atomic E-state index is -3.71. The van der Waals surface area contributed by atoms with Gasteiger partial charge in [-0.1, -0.05) is 28.1 Å². The second-order valence-corrected chi connectivity index (χ2v) is 7.49. The van der Waals surface area contributed by atoms with Crippen LogP contribution in [-0.4, -0.2) is 17.2 Å². The summed E-state index contributed by atoms with van der Waals surface area (Å²) < 4.78 is 36.6. The van der Waals surface area contributed by atoms with Crippen molar-refractivity contribution >= 4 is 54.4 Å². The minimum Gasteiger partial charge on any atom is -0.280 e. The van der Waals surface area contributed by atoms with E-state index in [-0.39, 0.29) is 4.90 Å². The number of aryl methyl sites for hydroxylation is 1. The van der Waals surface area contributed by atoms with Crippen LogP contribution >= 0.6 is 27.7 Å². The second-order valence-electron chi connectivity index (χ2n) is 4.46. The zero-order valence-electron chi connectivity index (χ0n) is 10.9. The highest BCUT2D eigenvalue weighted by atomic mass is 79.9. The molecule has 0 fully saturated rings. The monoisotopic (exact) mass is 383 g/mol. The summed E-state index contributed by atoms with van der Waals surface area (Å²) in [5, 5.41) is 0. The van der Waals surface area contributed by atoms with E-state index in [1.807, 2.05) is 13.0 Å². The summed E-state index contributed by atoms with van der Waals surface area (Å²) >= 11 is 4.38. The Kier molecular flexibility index (Phi) is 3.68. The van der Waals surface area contributed by atoms with Crippen molar-refractivity contribution in [3.05, 3.63) is 46.4 Å². The average molecular weight is 384 g/mol. The van der Waals surface area contributed by atoms with Gasteiger partial charge in [-0.05, 0) is 36.8 Å². The van der Waals surface area contributed by atoms with Gasteiger partial charge in [0.15, 0.2) is 0 Å². The van der Waals surface area contributed by atoms with E-state index in [0.29, 0.717) is 16.7 Å². The molecule has 8 heteroatoms. The largest absolute Gasteiger partial charge is 0.280 e. The normalized spacial score (nSPS) is 11.7. The molecule has 0 atom stereocenters. The summed E-state index contributed by atoms with van der Waals surface area (Å²) in [7, 11) is -3.71. The van der Waals surface area contributed by atoms with Crippen molar-refractivity contribution in [3.8, 4) is 0 Å². The first-order valence-electron chi connectivity index (χ1n) is 5.97. The zero-order chi connectivity index (χ0) is 15.0. The van der Waals surface area contributed by atoms with Gasteiger partial charge in [0.25, 0.3) is 10.0 Å². The average Bonchev–Trinajstić information content (AvgIpc) is 2.90. The Morgan fingerprint density at radius 2 is 2.00 bits per heavy atom. The second kappa shape index (κ2) is 5.36. The number of fused-ring (bicyclic) bond motifs is 1. The van der Waals surface area contributed by atoms with Gasteiger partial charge in [0.1, 0.15) is 15.9 Å². The van der Waals surface area contributed by atoms with Crippen LogP contribution in [-0.2, 0) is 10.0 Å². The standard InChI is InChI=1S/C13H10BrN3O2S2/c1-8-5-6-9(7-10(8)14)17-21(18,19)12-4-2-3-11-13(12)16-20-15-11/h2-7,17H,1H3. The fourth-order valence-corrected chi connectivity index (χ4v) is 4.06. The molecule has 0 saturated heterocycles. The van der Waals surface area contributed by atoms with Crippen molar-refractivity contribution in [3.63, 3.8) is 0 Å². The lowest BCUT2D eigenvalue weighted by Gasteiger charge is -2.09. The highest BCUT2D eigenvalue weighted by Crippen LogP contribution is 2.26. The van der Waals surface area contributed by atoms with E-state index >= 15 is 0 Å². The van der Waals surface area contributed by atoms with Crippen LogP contribution < -0.4 is 4.72 Å². The van der Waals surface area contributed by atoms with Gasteiger partial charge in [-0.3, -0.25) is 4.72 Å². The number of nitrogens with zero attached hydrogens (tertiary/aromatic N) is 2. The van der Waals surface area contributed by atoms with Crippen LogP contribution in [0, 0.1) is 6.92 Å². The van der Waals surface area contributed by atoms with Crippen LogP contribution in [0.1, 0.15) is 5.56 Å². The first kappa shape index (κ1) is 14.4. The van der Waals surface area contributed by atoms with Gasteiger partial charge in [0.2, 0.25) is 0 Å². The summed E-state index contributed by atoms with van der Waals surface area (Å²) in [6.45, 7) is 1.93. The van der Waals surface area contributed by atoms with E-state index in [1.54, 1.807) is 24.3 Å². The molecule has 5 nitrogen and oxygen atoms in total. The van der Waals surface area contributed by atoms with Gasteiger partial charge in [-0.25, -0.2) is 8.42 Å². The van der Waals surface area contributed by atoms with E-state index < -0.39 is 10.0 Å². The molecule has 0 saturated carbocycles. The maximum atomic E-state index is 12.5. The molecule has 108 valence electrons. The topological polar surface area (TPSA) is 72.0 Å². The number of sulfonamides is 1. The van der Waals surface area contributed by atoms with Crippen LogP contribution in [0.4, 0.5) is 5.69 Å². The molecule has 0 radical (unpaired) electrons. The molecule has 3 aromatic rings. The van der Waals surface area contributed by atoms with Gasteiger partial charge >= 0.3 is 0 Å². The number of anilines is 1. The van der Waals surface area contributed by atoms with Gasteiger partial charge < -0.3 is 0 Å². The van der Waals surface area contributed by atoms with Gasteiger partial charge in [-0.2, -0.15) is 8.75 Å². The number of hydrogen-bond acceptors (Lipinski definition) is 5. The predicted octanol–water partition coefficient (Wildman–Crippen LogP) is 3.56. The van der Waals surface area contributed by atoms with Crippen molar-refractivity contribution in [2.45, 2.75) is 11.8 Å². The molecule has 1 heterocycles. The fraction of sp³-hybridized carbons (Fsp3) is 0.0769. The van der Waals surface area contributed by atoms with E-state index in [1.165, 1.54) is 6.07 Å². The molecule has 3 rings (SSSR count). The van der Waals surface area contributed by atoms with Crippen molar-refractivity contribution < 1.29 is 8.42 Å². The van der Waals surface area contributed by atoms with Gasteiger partial charge in [0, 0.05) is 10.2 Å². The van der Waals surface area contributed by atoms with E-state index in [0.717, 1.165) is 21.8 Å². The lowest BCUT2D eigenvalue weighted by atomic mass is 10.2. The SMILES string of the molecule is Cc1ccc(NS(=O)(=O)c2cccc3nsnc23)cc1Br. The third-order valence-corrected chi connectivity index (χ3v) is 5.77. The predicted molar refractivity (Wildman–Crippen MR) is 87.1 cm³/mol. The van der Waals surface area contributed by atoms with Crippen molar-refractivity contribution in [1.29, 1.82) is 0 Å². The first-order valence-corrected chi connectivity index (χ1v) is 8.98. The Morgan fingerprint density at radius 3 is 2.76 bits per heavy atom.